The van der Waals surface area contributed by atoms with Crippen LogP contribution in [0.3, 0.4) is 0 Å². The molecule has 0 bridgehead atoms. The monoisotopic (exact) mass is 439 g/mol. The van der Waals surface area contributed by atoms with Crippen LogP contribution in [0.5, 0.6) is 0 Å². The molecule has 1 aromatic heterocycles. The Bertz CT molecular complexity index is 995. The number of carbonyl (C=O) groups excluding carboxylic acids is 2. The van der Waals surface area contributed by atoms with Crippen molar-refractivity contribution in [1.82, 2.24) is 19.8 Å². The maximum atomic E-state index is 12.3. The van der Waals surface area contributed by atoms with E-state index in [1.807, 2.05) is 11.0 Å². The average molecular weight is 440 g/mol. The lowest BCUT2D eigenvalue weighted by molar-refractivity contribution is -0.148. The molecule has 8 nitrogen and oxygen atoms in total. The number of amides is 1. The molecule has 1 unspecified atom stereocenters. The number of hydrogen-bond acceptors (Lipinski definition) is 7. The van der Waals surface area contributed by atoms with Crippen LogP contribution in [0.25, 0.3) is 10.9 Å². The molecule has 1 atom stereocenters. The van der Waals surface area contributed by atoms with Gasteiger partial charge in [-0.25, -0.2) is 9.97 Å². The van der Waals surface area contributed by atoms with Crippen LogP contribution in [0.1, 0.15) is 44.0 Å². The fourth-order valence-electron chi connectivity index (χ4n) is 4.85. The number of likely N-dealkylation sites (tertiary alicyclic amines) is 1. The standard InChI is InChI=1S/C24H33N5O3/c1-17-8-6-9-19-22(17)25-21(16-29-11-5-4-10-20(29)24(31)32-3)26-23(19)28-13-7-12-27(14-15-28)18(2)30/h6,8-9,20H,4-5,7,10-16H2,1-3H3. The van der Waals surface area contributed by atoms with Crippen molar-refractivity contribution in [3.63, 3.8) is 0 Å². The van der Waals surface area contributed by atoms with Gasteiger partial charge in [-0.15, -0.1) is 0 Å². The Labute approximate surface area is 189 Å². The molecule has 0 saturated carbocycles. The van der Waals surface area contributed by atoms with Gasteiger partial charge in [-0.05, 0) is 44.4 Å². The van der Waals surface area contributed by atoms with E-state index in [-0.39, 0.29) is 17.9 Å². The molecule has 2 saturated heterocycles. The zero-order valence-corrected chi connectivity index (χ0v) is 19.3. The number of aryl methyl sites for hydroxylation is 1. The number of benzene rings is 1. The van der Waals surface area contributed by atoms with E-state index in [1.54, 1.807) is 6.92 Å². The van der Waals surface area contributed by atoms with Gasteiger partial charge >= 0.3 is 5.97 Å². The molecule has 1 aromatic carbocycles. The van der Waals surface area contributed by atoms with E-state index in [0.717, 1.165) is 80.0 Å². The van der Waals surface area contributed by atoms with Gasteiger partial charge in [0.2, 0.25) is 5.91 Å². The van der Waals surface area contributed by atoms with Crippen molar-refractivity contribution < 1.29 is 14.3 Å². The molecule has 0 radical (unpaired) electrons. The number of methoxy groups -OCH3 is 1. The Hall–Kier alpha value is -2.74. The summed E-state index contributed by atoms with van der Waals surface area (Å²) in [5.74, 6) is 1.59. The summed E-state index contributed by atoms with van der Waals surface area (Å²) in [6.45, 7) is 8.11. The molecule has 1 amide bonds. The van der Waals surface area contributed by atoms with Gasteiger partial charge in [0.1, 0.15) is 17.7 Å². The van der Waals surface area contributed by atoms with Crippen LogP contribution in [0.15, 0.2) is 18.2 Å². The molecule has 0 N–H and O–H groups in total. The van der Waals surface area contributed by atoms with Crippen LogP contribution >= 0.6 is 0 Å². The van der Waals surface area contributed by atoms with Crippen LogP contribution in [0.4, 0.5) is 5.82 Å². The summed E-state index contributed by atoms with van der Waals surface area (Å²) in [6.07, 6.45) is 3.79. The molecule has 2 fully saturated rings. The Morgan fingerprint density at radius 3 is 2.69 bits per heavy atom. The second kappa shape index (κ2) is 9.81. The first-order valence-corrected chi connectivity index (χ1v) is 11.6. The Morgan fingerprint density at radius 1 is 1.06 bits per heavy atom. The van der Waals surface area contributed by atoms with E-state index >= 15 is 0 Å². The maximum absolute atomic E-state index is 12.3. The van der Waals surface area contributed by atoms with Crippen LogP contribution in [-0.2, 0) is 20.9 Å². The predicted molar refractivity (Wildman–Crippen MR) is 123 cm³/mol. The van der Waals surface area contributed by atoms with E-state index in [1.165, 1.54) is 7.11 Å². The minimum Gasteiger partial charge on any atom is -0.468 e. The van der Waals surface area contributed by atoms with Gasteiger partial charge in [0, 0.05) is 38.5 Å². The summed E-state index contributed by atoms with van der Waals surface area (Å²) < 4.78 is 5.05. The number of carbonyl (C=O) groups is 2. The maximum Gasteiger partial charge on any atom is 0.323 e. The molecule has 0 spiro atoms. The minimum atomic E-state index is -0.240. The van der Waals surface area contributed by atoms with Crippen molar-refractivity contribution in [2.75, 3.05) is 44.7 Å². The second-order valence-electron chi connectivity index (χ2n) is 8.79. The first-order chi connectivity index (χ1) is 15.5. The molecule has 172 valence electrons. The topological polar surface area (TPSA) is 78.9 Å². The van der Waals surface area contributed by atoms with E-state index in [4.69, 9.17) is 14.7 Å². The van der Waals surface area contributed by atoms with Gasteiger partial charge < -0.3 is 14.5 Å². The van der Waals surface area contributed by atoms with E-state index in [2.05, 4.69) is 28.9 Å². The number of ether oxygens (including phenoxy) is 1. The number of para-hydroxylation sites is 1. The van der Waals surface area contributed by atoms with Gasteiger partial charge in [-0.1, -0.05) is 18.6 Å². The van der Waals surface area contributed by atoms with Crippen molar-refractivity contribution >= 4 is 28.6 Å². The number of anilines is 1. The van der Waals surface area contributed by atoms with Gasteiger partial charge in [-0.3, -0.25) is 14.5 Å². The highest BCUT2D eigenvalue weighted by molar-refractivity contribution is 5.91. The lowest BCUT2D eigenvalue weighted by atomic mass is 10.0. The molecule has 2 aliphatic heterocycles. The number of nitrogens with zero attached hydrogens (tertiary/aromatic N) is 5. The largest absolute Gasteiger partial charge is 0.468 e. The highest BCUT2D eigenvalue weighted by atomic mass is 16.5. The number of hydrogen-bond donors (Lipinski definition) is 0. The van der Waals surface area contributed by atoms with Crippen LogP contribution in [0, 0.1) is 6.92 Å². The molecule has 0 aliphatic carbocycles. The summed E-state index contributed by atoms with van der Waals surface area (Å²) in [6, 6.07) is 5.95. The van der Waals surface area contributed by atoms with Gasteiger partial charge in [0.25, 0.3) is 0 Å². The molecular weight excluding hydrogens is 406 g/mol. The minimum absolute atomic E-state index is 0.120. The lowest BCUT2D eigenvalue weighted by Gasteiger charge is -2.33. The summed E-state index contributed by atoms with van der Waals surface area (Å²) in [7, 11) is 1.45. The van der Waals surface area contributed by atoms with Crippen molar-refractivity contribution in [3.05, 3.63) is 29.6 Å². The van der Waals surface area contributed by atoms with Crippen molar-refractivity contribution in [2.45, 2.75) is 52.1 Å². The smallest absolute Gasteiger partial charge is 0.323 e. The number of fused-ring (bicyclic) bond motifs is 1. The zero-order chi connectivity index (χ0) is 22.7. The van der Waals surface area contributed by atoms with Crippen LogP contribution < -0.4 is 4.90 Å². The predicted octanol–water partition coefficient (Wildman–Crippen LogP) is 2.52. The average Bonchev–Trinajstić information content (AvgIpc) is 3.05. The number of esters is 1. The third-order valence-corrected chi connectivity index (χ3v) is 6.63. The first-order valence-electron chi connectivity index (χ1n) is 11.6. The van der Waals surface area contributed by atoms with Gasteiger partial charge in [0.15, 0.2) is 0 Å². The Balaban J connectivity index is 1.68. The lowest BCUT2D eigenvalue weighted by Crippen LogP contribution is -2.45. The normalized spacial score (nSPS) is 20.3. The van der Waals surface area contributed by atoms with Crippen molar-refractivity contribution in [3.8, 4) is 0 Å². The van der Waals surface area contributed by atoms with Crippen molar-refractivity contribution in [2.24, 2.45) is 0 Å². The third-order valence-electron chi connectivity index (χ3n) is 6.63. The summed E-state index contributed by atoms with van der Waals surface area (Å²) >= 11 is 0. The molecule has 2 aliphatic rings. The fraction of sp³-hybridized carbons (Fsp3) is 0.583. The first kappa shape index (κ1) is 22.5. The van der Waals surface area contributed by atoms with E-state index in [0.29, 0.717) is 13.1 Å². The number of piperidine rings is 1. The number of rotatable bonds is 4. The third kappa shape index (κ3) is 4.70. The van der Waals surface area contributed by atoms with Gasteiger partial charge in [-0.2, -0.15) is 0 Å². The van der Waals surface area contributed by atoms with E-state index in [9.17, 15) is 9.59 Å². The Morgan fingerprint density at radius 2 is 1.91 bits per heavy atom. The highest BCUT2D eigenvalue weighted by Crippen LogP contribution is 2.28. The molecular formula is C24H33N5O3. The Kier molecular flexibility index (Phi) is 6.89. The summed E-state index contributed by atoms with van der Waals surface area (Å²) in [4.78, 5) is 40.5. The second-order valence-corrected chi connectivity index (χ2v) is 8.79. The van der Waals surface area contributed by atoms with Gasteiger partial charge in [0.05, 0.1) is 19.2 Å². The van der Waals surface area contributed by atoms with Crippen molar-refractivity contribution in [1.29, 1.82) is 0 Å². The zero-order valence-electron chi connectivity index (χ0n) is 19.3. The molecule has 32 heavy (non-hydrogen) atoms. The quantitative estimate of drug-likeness (QED) is 0.678. The number of aromatic nitrogens is 2. The highest BCUT2D eigenvalue weighted by Gasteiger charge is 2.30. The van der Waals surface area contributed by atoms with Crippen LogP contribution in [-0.4, -0.2) is 77.5 Å². The van der Waals surface area contributed by atoms with E-state index < -0.39 is 0 Å². The summed E-state index contributed by atoms with van der Waals surface area (Å²) in [5.41, 5.74) is 2.06. The molecule has 4 rings (SSSR count). The molecule has 8 heteroatoms. The van der Waals surface area contributed by atoms with Crippen LogP contribution in [0.2, 0.25) is 0 Å². The SMILES string of the molecule is COC(=O)C1CCCCN1Cc1nc(N2CCCN(C(C)=O)CC2)c2cccc(C)c2n1. The summed E-state index contributed by atoms with van der Waals surface area (Å²) in [5, 5.41) is 1.04. The molecule has 3 heterocycles. The molecule has 2 aromatic rings. The fourth-order valence-corrected chi connectivity index (χ4v) is 4.85.